The Hall–Kier alpha value is -1.36. The molecule has 100 valence electrons. The smallest absolute Gasteiger partial charge is 0.224 e. The summed E-state index contributed by atoms with van der Waals surface area (Å²) in [6, 6.07) is 2.38. The molecule has 1 saturated heterocycles. The lowest BCUT2D eigenvalue weighted by atomic mass is 10.1. The van der Waals surface area contributed by atoms with Crippen LogP contribution in [0.5, 0.6) is 0 Å². The molecular formula is C13H22N4O. The third kappa shape index (κ3) is 2.90. The molecule has 0 aliphatic carbocycles. The highest BCUT2D eigenvalue weighted by atomic mass is 16.5. The lowest BCUT2D eigenvalue weighted by Gasteiger charge is -2.39. The molecule has 0 amide bonds. The Morgan fingerprint density at radius 2 is 2.33 bits per heavy atom. The summed E-state index contributed by atoms with van der Waals surface area (Å²) >= 11 is 0. The molecule has 2 atom stereocenters. The van der Waals surface area contributed by atoms with Crippen molar-refractivity contribution in [3.63, 3.8) is 0 Å². The van der Waals surface area contributed by atoms with Gasteiger partial charge in [-0.3, -0.25) is 0 Å². The van der Waals surface area contributed by atoms with E-state index in [1.807, 2.05) is 19.2 Å². The summed E-state index contributed by atoms with van der Waals surface area (Å²) in [5, 5.41) is 3.15. The van der Waals surface area contributed by atoms with Gasteiger partial charge in [0, 0.05) is 19.3 Å². The molecule has 2 unspecified atom stereocenters. The number of ether oxygens (including phenoxy) is 1. The maximum Gasteiger partial charge on any atom is 0.224 e. The summed E-state index contributed by atoms with van der Waals surface area (Å²) in [7, 11) is 0. The Bertz CT molecular complexity index is 385. The van der Waals surface area contributed by atoms with Gasteiger partial charge in [0.15, 0.2) is 0 Å². The number of anilines is 2. The molecule has 1 aliphatic heterocycles. The van der Waals surface area contributed by atoms with Crippen molar-refractivity contribution in [3.8, 4) is 0 Å². The van der Waals surface area contributed by atoms with Crippen molar-refractivity contribution < 1.29 is 4.74 Å². The van der Waals surface area contributed by atoms with Gasteiger partial charge >= 0.3 is 0 Å². The molecule has 1 aliphatic rings. The van der Waals surface area contributed by atoms with E-state index >= 15 is 0 Å². The molecule has 5 heteroatoms. The first-order chi connectivity index (χ1) is 8.74. The van der Waals surface area contributed by atoms with Gasteiger partial charge in [-0.1, -0.05) is 6.92 Å². The van der Waals surface area contributed by atoms with Crippen molar-refractivity contribution in [2.75, 3.05) is 29.9 Å². The fourth-order valence-electron chi connectivity index (χ4n) is 2.22. The average Bonchev–Trinajstić information content (AvgIpc) is 2.39. The number of nitrogens with one attached hydrogen (secondary N) is 1. The highest BCUT2D eigenvalue weighted by Gasteiger charge is 2.26. The summed E-state index contributed by atoms with van der Waals surface area (Å²) < 4.78 is 5.71. The SMILES string of the molecule is CCNc1nccc(N2CC(C)OCC2CC)n1. The first-order valence-electron chi connectivity index (χ1n) is 6.69. The molecule has 1 aromatic heterocycles. The van der Waals surface area contributed by atoms with Gasteiger partial charge in [-0.25, -0.2) is 4.98 Å². The van der Waals surface area contributed by atoms with Crippen molar-refractivity contribution in [1.82, 2.24) is 9.97 Å². The maximum atomic E-state index is 5.71. The molecule has 5 nitrogen and oxygen atoms in total. The topological polar surface area (TPSA) is 50.3 Å². The number of rotatable bonds is 4. The summed E-state index contributed by atoms with van der Waals surface area (Å²) in [4.78, 5) is 11.1. The number of aromatic nitrogens is 2. The van der Waals surface area contributed by atoms with Crippen LogP contribution in [0.15, 0.2) is 12.3 Å². The van der Waals surface area contributed by atoms with Gasteiger partial charge in [0.25, 0.3) is 0 Å². The number of hydrogen-bond donors (Lipinski definition) is 1. The Labute approximate surface area is 109 Å². The molecule has 2 rings (SSSR count). The van der Waals surface area contributed by atoms with E-state index in [9.17, 15) is 0 Å². The third-order valence-electron chi connectivity index (χ3n) is 3.21. The molecular weight excluding hydrogens is 228 g/mol. The van der Waals surface area contributed by atoms with Gasteiger partial charge in [-0.15, -0.1) is 0 Å². The van der Waals surface area contributed by atoms with E-state index in [0.29, 0.717) is 12.0 Å². The number of morpholine rings is 1. The van der Waals surface area contributed by atoms with E-state index < -0.39 is 0 Å². The van der Waals surface area contributed by atoms with E-state index in [2.05, 4.69) is 34.0 Å². The Morgan fingerprint density at radius 1 is 1.50 bits per heavy atom. The van der Waals surface area contributed by atoms with Crippen molar-refractivity contribution in [2.24, 2.45) is 0 Å². The van der Waals surface area contributed by atoms with Crippen LogP contribution in [0.1, 0.15) is 27.2 Å². The Balaban J connectivity index is 2.19. The van der Waals surface area contributed by atoms with Crippen molar-refractivity contribution >= 4 is 11.8 Å². The second-order valence-electron chi connectivity index (χ2n) is 4.63. The predicted octanol–water partition coefficient (Wildman–Crippen LogP) is 1.91. The van der Waals surface area contributed by atoms with Gasteiger partial charge in [0.1, 0.15) is 5.82 Å². The van der Waals surface area contributed by atoms with Crippen LogP contribution in [0.2, 0.25) is 0 Å². The summed E-state index contributed by atoms with van der Waals surface area (Å²) in [6.45, 7) is 8.83. The van der Waals surface area contributed by atoms with Crippen LogP contribution >= 0.6 is 0 Å². The monoisotopic (exact) mass is 250 g/mol. The van der Waals surface area contributed by atoms with Crippen LogP contribution in [-0.4, -0.2) is 41.8 Å². The second-order valence-corrected chi connectivity index (χ2v) is 4.63. The first kappa shape index (κ1) is 13.1. The highest BCUT2D eigenvalue weighted by molar-refractivity contribution is 5.44. The highest BCUT2D eigenvalue weighted by Crippen LogP contribution is 2.22. The van der Waals surface area contributed by atoms with E-state index in [1.165, 1.54) is 0 Å². The lowest BCUT2D eigenvalue weighted by Crippen LogP contribution is -2.49. The molecule has 0 radical (unpaired) electrons. The third-order valence-corrected chi connectivity index (χ3v) is 3.21. The van der Waals surface area contributed by atoms with Crippen LogP contribution in [0.4, 0.5) is 11.8 Å². The molecule has 0 spiro atoms. The molecule has 0 saturated carbocycles. The Morgan fingerprint density at radius 3 is 3.06 bits per heavy atom. The fourth-order valence-corrected chi connectivity index (χ4v) is 2.22. The van der Waals surface area contributed by atoms with E-state index in [-0.39, 0.29) is 6.10 Å². The number of hydrogen-bond acceptors (Lipinski definition) is 5. The van der Waals surface area contributed by atoms with Gasteiger partial charge < -0.3 is 15.0 Å². The number of nitrogens with zero attached hydrogens (tertiary/aromatic N) is 3. The zero-order valence-electron chi connectivity index (χ0n) is 11.4. The molecule has 0 aromatic carbocycles. The second kappa shape index (κ2) is 6.00. The fraction of sp³-hybridized carbons (Fsp3) is 0.692. The summed E-state index contributed by atoms with van der Waals surface area (Å²) in [5.74, 6) is 1.69. The minimum Gasteiger partial charge on any atom is -0.375 e. The Kier molecular flexibility index (Phi) is 4.36. The molecule has 1 N–H and O–H groups in total. The van der Waals surface area contributed by atoms with Gasteiger partial charge in [-0.05, 0) is 26.3 Å². The van der Waals surface area contributed by atoms with Crippen molar-refractivity contribution in [2.45, 2.75) is 39.3 Å². The maximum absolute atomic E-state index is 5.71. The van der Waals surface area contributed by atoms with E-state index in [4.69, 9.17) is 4.74 Å². The first-order valence-corrected chi connectivity index (χ1v) is 6.69. The quantitative estimate of drug-likeness (QED) is 0.884. The molecule has 2 heterocycles. The van der Waals surface area contributed by atoms with Gasteiger partial charge in [0.2, 0.25) is 5.95 Å². The average molecular weight is 250 g/mol. The predicted molar refractivity (Wildman–Crippen MR) is 73.0 cm³/mol. The minimum atomic E-state index is 0.255. The van der Waals surface area contributed by atoms with Crippen LogP contribution in [-0.2, 0) is 4.74 Å². The zero-order valence-corrected chi connectivity index (χ0v) is 11.4. The van der Waals surface area contributed by atoms with Crippen molar-refractivity contribution in [1.29, 1.82) is 0 Å². The van der Waals surface area contributed by atoms with E-state index in [0.717, 1.165) is 31.9 Å². The van der Waals surface area contributed by atoms with Crippen LogP contribution in [0.3, 0.4) is 0 Å². The molecule has 18 heavy (non-hydrogen) atoms. The molecule has 0 bridgehead atoms. The molecule has 1 fully saturated rings. The van der Waals surface area contributed by atoms with Crippen LogP contribution in [0, 0.1) is 0 Å². The van der Waals surface area contributed by atoms with Gasteiger partial charge in [-0.2, -0.15) is 4.98 Å². The van der Waals surface area contributed by atoms with Gasteiger partial charge in [0.05, 0.1) is 18.8 Å². The normalized spacial score (nSPS) is 24.1. The summed E-state index contributed by atoms with van der Waals surface area (Å²) in [5.41, 5.74) is 0. The van der Waals surface area contributed by atoms with Crippen LogP contribution in [0.25, 0.3) is 0 Å². The summed E-state index contributed by atoms with van der Waals surface area (Å²) in [6.07, 6.45) is 3.13. The standard InChI is InChI=1S/C13H22N4O/c1-4-11-9-18-10(3)8-17(11)12-6-7-15-13(16-12)14-5-2/h6-7,10-11H,4-5,8-9H2,1-3H3,(H,14,15,16). The zero-order chi connectivity index (χ0) is 13.0. The molecule has 1 aromatic rings. The lowest BCUT2D eigenvalue weighted by molar-refractivity contribution is 0.0296. The minimum absolute atomic E-state index is 0.255. The van der Waals surface area contributed by atoms with Crippen LogP contribution < -0.4 is 10.2 Å². The van der Waals surface area contributed by atoms with Crippen molar-refractivity contribution in [3.05, 3.63) is 12.3 Å². The largest absolute Gasteiger partial charge is 0.375 e. The van der Waals surface area contributed by atoms with E-state index in [1.54, 1.807) is 0 Å².